The van der Waals surface area contributed by atoms with Gasteiger partial charge in [-0.15, -0.1) is 0 Å². The summed E-state index contributed by atoms with van der Waals surface area (Å²) in [6.07, 6.45) is 6.43. The predicted molar refractivity (Wildman–Crippen MR) is 141 cm³/mol. The van der Waals surface area contributed by atoms with Gasteiger partial charge in [-0.3, -0.25) is 14.5 Å². The number of unbranched alkanes of at least 4 members (excludes halogenated alkanes) is 3. The van der Waals surface area contributed by atoms with Crippen LogP contribution >= 0.6 is 0 Å². The lowest BCUT2D eigenvalue weighted by atomic mass is 9.97. The highest BCUT2D eigenvalue weighted by molar-refractivity contribution is 5.95. The summed E-state index contributed by atoms with van der Waals surface area (Å²) in [5.41, 5.74) is 3.14. The fraction of sp³-hybridized carbons (Fsp3) is 0.679. The first kappa shape index (κ1) is 28.9. The first-order valence-electron chi connectivity index (χ1n) is 13.8. The molecule has 206 valence electrons. The van der Waals surface area contributed by atoms with Crippen LogP contribution in [0.5, 0.6) is 0 Å². The number of esters is 1. The van der Waals surface area contributed by atoms with E-state index in [4.69, 9.17) is 9.47 Å². The van der Waals surface area contributed by atoms with Crippen molar-refractivity contribution in [3.63, 3.8) is 0 Å². The van der Waals surface area contributed by atoms with Gasteiger partial charge in [0.05, 0.1) is 19.6 Å². The van der Waals surface area contributed by atoms with Gasteiger partial charge in [0.25, 0.3) is 5.91 Å². The van der Waals surface area contributed by atoms with Gasteiger partial charge >= 0.3 is 12.1 Å². The molecule has 37 heavy (non-hydrogen) atoms. The molecule has 1 saturated heterocycles. The number of piperidine rings is 1. The number of hydrogen-bond donors (Lipinski definition) is 1. The Morgan fingerprint density at radius 2 is 1.81 bits per heavy atom. The highest BCUT2D eigenvalue weighted by Gasteiger charge is 2.31. The molecule has 2 heterocycles. The second-order valence-electron chi connectivity index (χ2n) is 9.85. The average molecular weight is 518 g/mol. The molecule has 0 aromatic heterocycles. The van der Waals surface area contributed by atoms with E-state index in [0.717, 1.165) is 49.9 Å². The summed E-state index contributed by atoms with van der Waals surface area (Å²) >= 11 is 0. The Morgan fingerprint density at radius 3 is 2.51 bits per heavy atom. The fourth-order valence-corrected chi connectivity index (χ4v) is 5.15. The summed E-state index contributed by atoms with van der Waals surface area (Å²) in [5, 5.41) is 9.71. The van der Waals surface area contributed by atoms with Crippen LogP contribution in [-0.4, -0.2) is 84.9 Å². The molecule has 0 bridgehead atoms. The molecule has 0 saturated carbocycles. The number of aliphatic hydroxyl groups is 1. The molecule has 0 spiro atoms. The number of hydrogen-bond acceptors (Lipinski definition) is 7. The van der Waals surface area contributed by atoms with Crippen LogP contribution in [0.15, 0.2) is 18.2 Å². The van der Waals surface area contributed by atoms with E-state index in [9.17, 15) is 19.5 Å². The van der Waals surface area contributed by atoms with Gasteiger partial charge in [-0.2, -0.15) is 0 Å². The molecule has 2 amide bonds. The SMILES string of the molecule is CCCCCCOC(=O)N1CCC(N(C(=O)CO)c2ccc3c(c2)CN(CCC(=O)OCC)CC3)CC1. The van der Waals surface area contributed by atoms with Crippen LogP contribution in [0.25, 0.3) is 0 Å². The molecule has 2 aliphatic heterocycles. The van der Waals surface area contributed by atoms with E-state index in [1.807, 2.05) is 12.1 Å². The van der Waals surface area contributed by atoms with E-state index < -0.39 is 6.61 Å². The minimum absolute atomic E-state index is 0.102. The van der Waals surface area contributed by atoms with E-state index in [1.165, 1.54) is 5.56 Å². The van der Waals surface area contributed by atoms with Crippen LogP contribution in [-0.2, 0) is 32.0 Å². The summed E-state index contributed by atoms with van der Waals surface area (Å²) in [4.78, 5) is 42.7. The molecular weight excluding hydrogens is 474 g/mol. The number of likely N-dealkylation sites (tertiary alicyclic amines) is 1. The fourth-order valence-electron chi connectivity index (χ4n) is 5.15. The Bertz CT molecular complexity index is 900. The van der Waals surface area contributed by atoms with Gasteiger partial charge in [0.1, 0.15) is 6.61 Å². The van der Waals surface area contributed by atoms with Gasteiger partial charge in [0.15, 0.2) is 0 Å². The third kappa shape index (κ3) is 8.43. The predicted octanol–water partition coefficient (Wildman–Crippen LogP) is 3.50. The lowest BCUT2D eigenvalue weighted by molar-refractivity contribution is -0.143. The topological polar surface area (TPSA) is 99.6 Å². The third-order valence-electron chi connectivity index (χ3n) is 7.21. The van der Waals surface area contributed by atoms with E-state index in [1.54, 1.807) is 16.7 Å². The van der Waals surface area contributed by atoms with Crippen LogP contribution in [0.4, 0.5) is 10.5 Å². The van der Waals surface area contributed by atoms with Crippen molar-refractivity contribution in [2.75, 3.05) is 50.9 Å². The lowest BCUT2D eigenvalue weighted by Crippen LogP contribution is -2.50. The maximum absolute atomic E-state index is 12.8. The molecule has 1 aromatic rings. The molecule has 2 aliphatic rings. The summed E-state index contributed by atoms with van der Waals surface area (Å²) < 4.78 is 10.5. The first-order valence-corrected chi connectivity index (χ1v) is 13.8. The minimum Gasteiger partial charge on any atom is -0.466 e. The zero-order valence-corrected chi connectivity index (χ0v) is 22.5. The number of fused-ring (bicyclic) bond motifs is 1. The van der Waals surface area contributed by atoms with Gasteiger partial charge < -0.3 is 24.4 Å². The quantitative estimate of drug-likeness (QED) is 0.335. The van der Waals surface area contributed by atoms with Crippen molar-refractivity contribution < 1.29 is 29.0 Å². The maximum Gasteiger partial charge on any atom is 0.409 e. The molecule has 1 N–H and O–H groups in total. The standard InChI is InChI=1S/C28H43N3O6/c1-3-5-6-7-18-37-28(35)30-16-11-24(12-17-30)31(26(33)21-32)25-9-8-22-10-14-29(20-23(22)19-25)15-13-27(34)36-4-2/h8-9,19,24,32H,3-7,10-18,20-21H2,1-2H3. The van der Waals surface area contributed by atoms with E-state index in [2.05, 4.69) is 17.9 Å². The van der Waals surface area contributed by atoms with Crippen LogP contribution in [0.3, 0.4) is 0 Å². The lowest BCUT2D eigenvalue weighted by Gasteiger charge is -2.38. The Morgan fingerprint density at radius 1 is 1.03 bits per heavy atom. The second-order valence-corrected chi connectivity index (χ2v) is 9.85. The summed E-state index contributed by atoms with van der Waals surface area (Å²) in [6, 6.07) is 5.96. The normalized spacial score (nSPS) is 16.2. The van der Waals surface area contributed by atoms with Crippen LogP contribution in [0.1, 0.15) is 69.9 Å². The molecule has 0 atom stereocenters. The smallest absolute Gasteiger partial charge is 0.409 e. The molecule has 9 heteroatoms. The summed E-state index contributed by atoms with van der Waals surface area (Å²) in [5.74, 6) is -0.527. The van der Waals surface area contributed by atoms with Gasteiger partial charge in [-0.1, -0.05) is 32.3 Å². The Hall–Kier alpha value is -2.65. The summed E-state index contributed by atoms with van der Waals surface area (Å²) in [7, 11) is 0. The zero-order valence-electron chi connectivity index (χ0n) is 22.5. The van der Waals surface area contributed by atoms with Crippen LogP contribution < -0.4 is 4.90 Å². The van der Waals surface area contributed by atoms with E-state index >= 15 is 0 Å². The van der Waals surface area contributed by atoms with Crippen molar-refractivity contribution >= 4 is 23.7 Å². The molecule has 1 aromatic carbocycles. The first-order chi connectivity index (χ1) is 18.0. The number of anilines is 1. The average Bonchev–Trinajstić information content (AvgIpc) is 2.92. The Labute approximate surface area is 220 Å². The number of nitrogens with zero attached hydrogens (tertiary/aromatic N) is 3. The zero-order chi connectivity index (χ0) is 26.6. The van der Waals surface area contributed by atoms with E-state index in [-0.39, 0.29) is 24.0 Å². The van der Waals surface area contributed by atoms with E-state index in [0.29, 0.717) is 58.7 Å². The number of aliphatic hydroxyl groups excluding tert-OH is 1. The highest BCUT2D eigenvalue weighted by Crippen LogP contribution is 2.29. The van der Waals surface area contributed by atoms with Crippen molar-refractivity contribution in [2.45, 2.75) is 77.8 Å². The maximum atomic E-state index is 12.8. The van der Waals surface area contributed by atoms with Gasteiger partial charge in [-0.25, -0.2) is 4.79 Å². The number of benzene rings is 1. The van der Waals surface area contributed by atoms with Crippen molar-refractivity contribution in [1.82, 2.24) is 9.80 Å². The molecular formula is C28H43N3O6. The Kier molecular flexibility index (Phi) is 11.7. The third-order valence-corrected chi connectivity index (χ3v) is 7.21. The van der Waals surface area contributed by atoms with Crippen molar-refractivity contribution in [1.29, 1.82) is 0 Å². The van der Waals surface area contributed by atoms with Crippen molar-refractivity contribution in [3.8, 4) is 0 Å². The summed E-state index contributed by atoms with van der Waals surface area (Å²) in [6.45, 7) is 7.46. The Balaban J connectivity index is 1.60. The molecule has 0 radical (unpaired) electrons. The number of ether oxygens (including phenoxy) is 2. The van der Waals surface area contributed by atoms with Gasteiger partial charge in [0.2, 0.25) is 0 Å². The number of carbonyl (C=O) groups is 3. The second kappa shape index (κ2) is 14.9. The molecule has 0 aliphatic carbocycles. The van der Waals surface area contributed by atoms with Crippen molar-refractivity contribution in [3.05, 3.63) is 29.3 Å². The van der Waals surface area contributed by atoms with Gasteiger partial charge in [-0.05, 0) is 55.9 Å². The number of amides is 2. The van der Waals surface area contributed by atoms with Crippen LogP contribution in [0, 0.1) is 0 Å². The minimum atomic E-state index is -0.567. The number of rotatable bonds is 12. The number of carbonyl (C=O) groups excluding carboxylic acids is 3. The highest BCUT2D eigenvalue weighted by atomic mass is 16.6. The van der Waals surface area contributed by atoms with Crippen LogP contribution in [0.2, 0.25) is 0 Å². The van der Waals surface area contributed by atoms with Crippen molar-refractivity contribution in [2.24, 2.45) is 0 Å². The largest absolute Gasteiger partial charge is 0.466 e. The van der Waals surface area contributed by atoms with Gasteiger partial charge in [0, 0.05) is 44.5 Å². The molecule has 1 fully saturated rings. The molecule has 3 rings (SSSR count). The monoisotopic (exact) mass is 517 g/mol. The molecule has 9 nitrogen and oxygen atoms in total. The molecule has 0 unspecified atom stereocenters.